The number of anilines is 2. The van der Waals surface area contributed by atoms with E-state index in [9.17, 15) is 9.59 Å². The molecule has 27 heavy (non-hydrogen) atoms. The van der Waals surface area contributed by atoms with E-state index in [4.69, 9.17) is 0 Å². The summed E-state index contributed by atoms with van der Waals surface area (Å²) in [6.45, 7) is 2.36. The van der Waals surface area contributed by atoms with Crippen molar-refractivity contribution in [2.24, 2.45) is 0 Å². The van der Waals surface area contributed by atoms with Crippen LogP contribution in [0.25, 0.3) is 0 Å². The Labute approximate surface area is 160 Å². The molecule has 6 heteroatoms. The molecule has 2 N–H and O–H groups in total. The zero-order chi connectivity index (χ0) is 19.2. The van der Waals surface area contributed by atoms with Gasteiger partial charge in [0.2, 0.25) is 0 Å². The molecule has 2 aromatic rings. The summed E-state index contributed by atoms with van der Waals surface area (Å²) in [5.41, 5.74) is 3.16. The molecule has 0 bridgehead atoms. The van der Waals surface area contributed by atoms with Crippen LogP contribution in [-0.4, -0.2) is 44.0 Å². The van der Waals surface area contributed by atoms with E-state index in [0.717, 1.165) is 37.2 Å². The van der Waals surface area contributed by atoms with Crippen LogP contribution in [0.1, 0.15) is 28.8 Å². The largest absolute Gasteiger partial charge is 0.371 e. The first-order valence-corrected chi connectivity index (χ1v) is 9.24. The van der Waals surface area contributed by atoms with Crippen molar-refractivity contribution >= 4 is 23.3 Å². The predicted molar refractivity (Wildman–Crippen MR) is 108 cm³/mol. The van der Waals surface area contributed by atoms with Gasteiger partial charge in [0.25, 0.3) is 5.91 Å². The number of nitrogens with zero attached hydrogens (tertiary/aromatic N) is 2. The smallest absolute Gasteiger partial charge is 0.321 e. The summed E-state index contributed by atoms with van der Waals surface area (Å²) in [6.07, 6.45) is 2.26. The molecular formula is C21H26N4O2. The summed E-state index contributed by atoms with van der Waals surface area (Å²) >= 11 is 0. The molecule has 0 aromatic heterocycles. The number of carbonyl (C=O) groups excluding carboxylic acids is 2. The second kappa shape index (κ2) is 8.58. The second-order valence-corrected chi connectivity index (χ2v) is 6.92. The number of urea groups is 1. The third kappa shape index (κ3) is 4.78. The Balaban J connectivity index is 1.82. The first kappa shape index (κ1) is 18.8. The van der Waals surface area contributed by atoms with Gasteiger partial charge in [-0.3, -0.25) is 4.79 Å². The van der Waals surface area contributed by atoms with E-state index in [1.165, 1.54) is 4.90 Å². The van der Waals surface area contributed by atoms with Crippen molar-refractivity contribution in [3.8, 4) is 0 Å². The Hall–Kier alpha value is -3.02. The lowest BCUT2D eigenvalue weighted by Gasteiger charge is -2.22. The fraction of sp³-hybridized carbons (Fsp3) is 0.333. The van der Waals surface area contributed by atoms with E-state index >= 15 is 0 Å². The molecule has 1 aliphatic rings. The van der Waals surface area contributed by atoms with E-state index < -0.39 is 0 Å². The monoisotopic (exact) mass is 366 g/mol. The standard InChI is InChI=1S/C21H26N4O2/c1-24(2)21(27)23-17-10-11-19(25-12-6-7-13-25)18(14-17)20(26)22-15-16-8-4-3-5-9-16/h3-5,8-11,14H,6-7,12-13,15H2,1-2H3,(H,22,26)(H,23,27). The van der Waals surface area contributed by atoms with E-state index in [1.54, 1.807) is 20.2 Å². The van der Waals surface area contributed by atoms with Crippen LogP contribution in [0.15, 0.2) is 48.5 Å². The molecule has 6 nitrogen and oxygen atoms in total. The molecule has 1 fully saturated rings. The van der Waals surface area contributed by atoms with Gasteiger partial charge in [-0.2, -0.15) is 0 Å². The molecule has 1 heterocycles. The van der Waals surface area contributed by atoms with E-state index in [0.29, 0.717) is 17.8 Å². The molecule has 1 saturated heterocycles. The van der Waals surface area contributed by atoms with Gasteiger partial charge in [0, 0.05) is 45.1 Å². The fourth-order valence-electron chi connectivity index (χ4n) is 3.14. The van der Waals surface area contributed by atoms with Crippen LogP contribution in [0.2, 0.25) is 0 Å². The Bertz CT molecular complexity index is 799. The molecule has 0 unspecified atom stereocenters. The molecule has 2 aromatic carbocycles. The summed E-state index contributed by atoms with van der Waals surface area (Å²) in [5.74, 6) is -0.137. The Morgan fingerprint density at radius 2 is 1.74 bits per heavy atom. The molecule has 0 aliphatic carbocycles. The summed E-state index contributed by atoms with van der Waals surface area (Å²) in [7, 11) is 3.36. The summed E-state index contributed by atoms with van der Waals surface area (Å²) in [4.78, 5) is 28.5. The van der Waals surface area contributed by atoms with Crippen molar-refractivity contribution in [1.29, 1.82) is 0 Å². The highest BCUT2D eigenvalue weighted by atomic mass is 16.2. The van der Waals surface area contributed by atoms with E-state index in [1.807, 2.05) is 42.5 Å². The van der Waals surface area contributed by atoms with Crippen molar-refractivity contribution in [2.45, 2.75) is 19.4 Å². The van der Waals surface area contributed by atoms with Crippen molar-refractivity contribution in [3.63, 3.8) is 0 Å². The number of hydrogen-bond donors (Lipinski definition) is 2. The fourth-order valence-corrected chi connectivity index (χ4v) is 3.14. The Kier molecular flexibility index (Phi) is 5.96. The van der Waals surface area contributed by atoms with Crippen molar-refractivity contribution < 1.29 is 9.59 Å². The van der Waals surface area contributed by atoms with Crippen molar-refractivity contribution in [1.82, 2.24) is 10.2 Å². The molecule has 0 atom stereocenters. The van der Waals surface area contributed by atoms with Gasteiger partial charge in [0.1, 0.15) is 0 Å². The average Bonchev–Trinajstić information content (AvgIpc) is 3.21. The highest BCUT2D eigenvalue weighted by Gasteiger charge is 2.20. The number of rotatable bonds is 5. The predicted octanol–water partition coefficient (Wildman–Crippen LogP) is 3.31. The first-order valence-electron chi connectivity index (χ1n) is 9.24. The highest BCUT2D eigenvalue weighted by Crippen LogP contribution is 2.27. The third-order valence-corrected chi connectivity index (χ3v) is 4.64. The number of amides is 3. The minimum atomic E-state index is -0.223. The third-order valence-electron chi connectivity index (χ3n) is 4.64. The number of hydrogen-bond acceptors (Lipinski definition) is 3. The minimum Gasteiger partial charge on any atom is -0.371 e. The van der Waals surface area contributed by atoms with Crippen LogP contribution in [0.3, 0.4) is 0 Å². The first-order chi connectivity index (χ1) is 13.0. The molecule has 3 amide bonds. The zero-order valence-corrected chi connectivity index (χ0v) is 15.9. The van der Waals surface area contributed by atoms with Crippen molar-refractivity contribution in [2.75, 3.05) is 37.4 Å². The molecule has 3 rings (SSSR count). The average molecular weight is 366 g/mol. The lowest BCUT2D eigenvalue weighted by Crippen LogP contribution is -2.29. The van der Waals surface area contributed by atoms with E-state index in [-0.39, 0.29) is 11.9 Å². The number of carbonyl (C=O) groups is 2. The van der Waals surface area contributed by atoms with Crippen LogP contribution in [0.4, 0.5) is 16.2 Å². The van der Waals surface area contributed by atoms with Crippen molar-refractivity contribution in [3.05, 3.63) is 59.7 Å². The molecule has 0 radical (unpaired) electrons. The van der Waals surface area contributed by atoms with Crippen LogP contribution >= 0.6 is 0 Å². The van der Waals surface area contributed by atoms with E-state index in [2.05, 4.69) is 15.5 Å². The summed E-state index contributed by atoms with van der Waals surface area (Å²) in [5, 5.41) is 5.81. The van der Waals surface area contributed by atoms with Gasteiger partial charge in [0.05, 0.1) is 5.56 Å². The van der Waals surface area contributed by atoms with Crippen LogP contribution in [-0.2, 0) is 6.54 Å². The van der Waals surface area contributed by atoms with Gasteiger partial charge in [-0.25, -0.2) is 4.79 Å². The van der Waals surface area contributed by atoms with Gasteiger partial charge < -0.3 is 20.4 Å². The van der Waals surface area contributed by atoms with Gasteiger partial charge in [-0.1, -0.05) is 30.3 Å². The normalized spacial score (nSPS) is 13.3. The maximum atomic E-state index is 12.9. The zero-order valence-electron chi connectivity index (χ0n) is 15.9. The molecule has 142 valence electrons. The minimum absolute atomic E-state index is 0.137. The van der Waals surface area contributed by atoms with Crippen LogP contribution in [0.5, 0.6) is 0 Å². The highest BCUT2D eigenvalue weighted by molar-refractivity contribution is 6.02. The topological polar surface area (TPSA) is 64.7 Å². The SMILES string of the molecule is CN(C)C(=O)Nc1ccc(N2CCCC2)c(C(=O)NCc2ccccc2)c1. The molecule has 0 spiro atoms. The van der Waals surface area contributed by atoms with Gasteiger partial charge in [-0.15, -0.1) is 0 Å². The lowest BCUT2D eigenvalue weighted by atomic mass is 10.1. The summed E-state index contributed by atoms with van der Waals surface area (Å²) < 4.78 is 0. The number of nitrogens with one attached hydrogen (secondary N) is 2. The second-order valence-electron chi connectivity index (χ2n) is 6.92. The van der Waals surface area contributed by atoms with Gasteiger partial charge in [0.15, 0.2) is 0 Å². The van der Waals surface area contributed by atoms with Gasteiger partial charge in [-0.05, 0) is 36.6 Å². The summed E-state index contributed by atoms with van der Waals surface area (Å²) in [6, 6.07) is 15.1. The Morgan fingerprint density at radius 1 is 1.04 bits per heavy atom. The Morgan fingerprint density at radius 3 is 2.41 bits per heavy atom. The van der Waals surface area contributed by atoms with Crippen LogP contribution in [0, 0.1) is 0 Å². The van der Waals surface area contributed by atoms with Crippen LogP contribution < -0.4 is 15.5 Å². The molecule has 0 saturated carbocycles. The number of benzene rings is 2. The molecule has 1 aliphatic heterocycles. The maximum absolute atomic E-state index is 12.9. The van der Waals surface area contributed by atoms with Gasteiger partial charge >= 0.3 is 6.03 Å². The molecular weight excluding hydrogens is 340 g/mol. The maximum Gasteiger partial charge on any atom is 0.321 e. The lowest BCUT2D eigenvalue weighted by molar-refractivity contribution is 0.0951. The quantitative estimate of drug-likeness (QED) is 0.853.